The van der Waals surface area contributed by atoms with Gasteiger partial charge in [0.2, 0.25) is 11.9 Å². The van der Waals surface area contributed by atoms with Crippen LogP contribution in [0.25, 0.3) is 0 Å². The van der Waals surface area contributed by atoms with Crippen molar-refractivity contribution in [2.24, 2.45) is 0 Å². The van der Waals surface area contributed by atoms with Crippen LogP contribution in [0.15, 0.2) is 30.6 Å². The van der Waals surface area contributed by atoms with Gasteiger partial charge < -0.3 is 15.7 Å². The van der Waals surface area contributed by atoms with E-state index in [1.807, 2.05) is 4.72 Å². The molecule has 0 aliphatic heterocycles. The fourth-order valence-corrected chi connectivity index (χ4v) is 4.53. The van der Waals surface area contributed by atoms with Crippen LogP contribution in [-0.2, 0) is 20.9 Å². The third-order valence-corrected chi connectivity index (χ3v) is 6.37. The molecule has 168 valence electrons. The zero-order valence-electron chi connectivity index (χ0n) is 16.5. The van der Waals surface area contributed by atoms with E-state index in [4.69, 9.17) is 4.18 Å². The molecule has 10 nitrogen and oxygen atoms in total. The number of alkyl halides is 2. The second kappa shape index (κ2) is 8.22. The molecule has 4 atom stereocenters. The van der Waals surface area contributed by atoms with Crippen molar-refractivity contribution in [2.75, 3.05) is 17.7 Å². The minimum Gasteiger partial charge on any atom is -0.390 e. The van der Waals surface area contributed by atoms with Crippen molar-refractivity contribution in [3.63, 3.8) is 0 Å². The summed E-state index contributed by atoms with van der Waals surface area (Å²) in [6.45, 7) is 0. The van der Waals surface area contributed by atoms with E-state index in [-0.39, 0.29) is 37.2 Å². The van der Waals surface area contributed by atoms with Crippen LogP contribution in [0.1, 0.15) is 30.0 Å². The van der Waals surface area contributed by atoms with Gasteiger partial charge in [0, 0.05) is 19.5 Å². The van der Waals surface area contributed by atoms with E-state index < -0.39 is 34.5 Å². The van der Waals surface area contributed by atoms with Gasteiger partial charge in [0.15, 0.2) is 0 Å². The first-order chi connectivity index (χ1) is 14.7. The van der Waals surface area contributed by atoms with Crippen molar-refractivity contribution in [3.05, 3.63) is 41.7 Å². The average molecular weight is 456 g/mol. The van der Waals surface area contributed by atoms with Crippen LogP contribution >= 0.6 is 0 Å². The van der Waals surface area contributed by atoms with Gasteiger partial charge in [-0.25, -0.2) is 18.7 Å². The molecule has 0 bridgehead atoms. The smallest absolute Gasteiger partial charge is 0.335 e. The molecule has 4 rings (SSSR count). The van der Waals surface area contributed by atoms with Crippen molar-refractivity contribution in [1.82, 2.24) is 19.7 Å². The summed E-state index contributed by atoms with van der Waals surface area (Å²) in [6.07, 6.45) is -0.733. The van der Waals surface area contributed by atoms with Gasteiger partial charge in [0.1, 0.15) is 18.5 Å². The highest BCUT2D eigenvalue weighted by Gasteiger charge is 2.48. The number of hydrogen-bond donors (Lipinski definition) is 4. The quantitative estimate of drug-likeness (QED) is 0.481. The number of fused-ring (bicyclic) bond motifs is 1. The number of halogens is 2. The predicted molar refractivity (Wildman–Crippen MR) is 107 cm³/mol. The molecular formula is C18H22F2N6O4S. The topological polar surface area (TPSA) is 138 Å². The molecular weight excluding hydrogens is 434 g/mol. The molecule has 2 aromatic rings. The molecule has 1 fully saturated rings. The normalized spacial score (nSPS) is 27.1. The molecule has 0 spiro atoms. The lowest BCUT2D eigenvalue weighted by molar-refractivity contribution is -0.00729. The maximum absolute atomic E-state index is 14.5. The SMILES string of the molecule is CNS(=O)(=O)O[C@H]1C[C@H](Nc2ncnc(N[C@@H]3c4ccccc4CC3(F)F)n2)C[C@@H]1O. The lowest BCUT2D eigenvalue weighted by atomic mass is 10.1. The standard InChI is InChI=1S/C18H22F2N6O4S/c1-21-31(28,29)30-14-7-11(6-13(14)27)24-16-22-9-23-17(26-16)25-15-12-5-3-2-4-10(12)8-18(15,19)20/h2-5,9,11,13-15,21,27H,6-8H2,1H3,(H2,22,23,24,25,26)/t11-,13+,14+,15-/m1/s1. The average Bonchev–Trinajstić information content (AvgIpc) is 3.17. The Kier molecular flexibility index (Phi) is 5.77. The Morgan fingerprint density at radius 2 is 1.87 bits per heavy atom. The Morgan fingerprint density at radius 1 is 1.16 bits per heavy atom. The van der Waals surface area contributed by atoms with Gasteiger partial charge in [-0.1, -0.05) is 24.3 Å². The minimum atomic E-state index is -3.95. The number of nitrogens with zero attached hydrogens (tertiary/aromatic N) is 3. The van der Waals surface area contributed by atoms with Crippen LogP contribution in [0.4, 0.5) is 20.7 Å². The first-order valence-electron chi connectivity index (χ1n) is 9.64. The highest BCUT2D eigenvalue weighted by molar-refractivity contribution is 7.84. The number of aromatic nitrogens is 3. The van der Waals surface area contributed by atoms with Crippen LogP contribution in [0.3, 0.4) is 0 Å². The molecule has 0 saturated heterocycles. The fourth-order valence-electron chi connectivity index (χ4n) is 3.90. The molecule has 0 unspecified atom stereocenters. The van der Waals surface area contributed by atoms with E-state index >= 15 is 0 Å². The molecule has 1 aromatic carbocycles. The molecule has 2 aliphatic rings. The van der Waals surface area contributed by atoms with Crippen molar-refractivity contribution < 1.29 is 26.5 Å². The van der Waals surface area contributed by atoms with Gasteiger partial charge in [0.05, 0.1) is 6.10 Å². The maximum Gasteiger partial charge on any atom is 0.335 e. The van der Waals surface area contributed by atoms with Crippen molar-refractivity contribution in [3.8, 4) is 0 Å². The summed E-state index contributed by atoms with van der Waals surface area (Å²) in [4.78, 5) is 12.1. The number of aliphatic hydroxyl groups is 1. The van der Waals surface area contributed by atoms with Crippen LogP contribution in [0.2, 0.25) is 0 Å². The number of anilines is 2. The summed E-state index contributed by atoms with van der Waals surface area (Å²) in [5.41, 5.74) is 1.06. The van der Waals surface area contributed by atoms with Gasteiger partial charge >= 0.3 is 10.3 Å². The summed E-state index contributed by atoms with van der Waals surface area (Å²) in [7, 11) is -2.74. The zero-order chi connectivity index (χ0) is 22.2. The highest BCUT2D eigenvalue weighted by Crippen LogP contribution is 2.44. The lowest BCUT2D eigenvalue weighted by Gasteiger charge is -2.21. The molecule has 1 aromatic heterocycles. The number of hydrogen-bond acceptors (Lipinski definition) is 9. The number of aliphatic hydroxyl groups excluding tert-OH is 1. The highest BCUT2D eigenvalue weighted by atomic mass is 32.2. The third kappa shape index (κ3) is 4.74. The maximum atomic E-state index is 14.5. The van der Waals surface area contributed by atoms with Crippen LogP contribution in [-0.4, -0.2) is 59.7 Å². The number of rotatable bonds is 7. The Bertz CT molecular complexity index is 1060. The first-order valence-corrected chi connectivity index (χ1v) is 11.1. The predicted octanol–water partition coefficient (Wildman–Crippen LogP) is 1.00. The largest absolute Gasteiger partial charge is 0.390 e. The monoisotopic (exact) mass is 456 g/mol. The van der Waals surface area contributed by atoms with Crippen LogP contribution in [0, 0.1) is 0 Å². The fraction of sp³-hybridized carbons (Fsp3) is 0.500. The van der Waals surface area contributed by atoms with Crippen molar-refractivity contribution in [1.29, 1.82) is 0 Å². The number of benzene rings is 1. The molecule has 31 heavy (non-hydrogen) atoms. The van der Waals surface area contributed by atoms with Gasteiger partial charge in [-0.2, -0.15) is 18.1 Å². The Labute approximate surface area is 177 Å². The Balaban J connectivity index is 1.44. The van der Waals surface area contributed by atoms with Gasteiger partial charge in [-0.3, -0.25) is 4.18 Å². The Morgan fingerprint density at radius 3 is 2.61 bits per heavy atom. The van der Waals surface area contributed by atoms with E-state index in [1.54, 1.807) is 24.3 Å². The van der Waals surface area contributed by atoms with E-state index in [2.05, 4.69) is 25.6 Å². The van der Waals surface area contributed by atoms with Crippen molar-refractivity contribution in [2.45, 2.75) is 49.5 Å². The molecule has 0 radical (unpaired) electrons. The third-order valence-electron chi connectivity index (χ3n) is 5.37. The Hall–Kier alpha value is -2.48. The van der Waals surface area contributed by atoms with E-state index in [0.29, 0.717) is 11.1 Å². The molecule has 2 aliphatic carbocycles. The second-order valence-corrected chi connectivity index (χ2v) is 9.03. The van der Waals surface area contributed by atoms with Crippen molar-refractivity contribution >= 4 is 22.2 Å². The van der Waals surface area contributed by atoms with Gasteiger partial charge in [-0.05, 0) is 24.0 Å². The molecule has 4 N–H and O–H groups in total. The van der Waals surface area contributed by atoms with Crippen LogP contribution < -0.4 is 15.4 Å². The summed E-state index contributed by atoms with van der Waals surface area (Å²) in [5.74, 6) is -2.91. The summed E-state index contributed by atoms with van der Waals surface area (Å²) < 4.78 is 59.1. The molecule has 0 amide bonds. The van der Waals surface area contributed by atoms with Gasteiger partial charge in [0.25, 0.3) is 5.92 Å². The number of nitrogens with one attached hydrogen (secondary N) is 3. The summed E-state index contributed by atoms with van der Waals surface area (Å²) in [6, 6.07) is 5.09. The van der Waals surface area contributed by atoms with Crippen LogP contribution in [0.5, 0.6) is 0 Å². The molecule has 13 heteroatoms. The first kappa shape index (κ1) is 21.7. The second-order valence-electron chi connectivity index (χ2n) is 7.52. The summed E-state index contributed by atoms with van der Waals surface area (Å²) in [5, 5.41) is 15.7. The molecule has 1 heterocycles. The lowest BCUT2D eigenvalue weighted by Crippen LogP contribution is -2.31. The zero-order valence-corrected chi connectivity index (χ0v) is 17.3. The summed E-state index contributed by atoms with van der Waals surface area (Å²) >= 11 is 0. The molecule has 1 saturated carbocycles. The van der Waals surface area contributed by atoms with Gasteiger partial charge in [-0.15, -0.1) is 0 Å². The van der Waals surface area contributed by atoms with E-state index in [9.17, 15) is 22.3 Å². The minimum absolute atomic E-state index is 0.0250. The van der Waals surface area contributed by atoms with E-state index in [1.165, 1.54) is 13.4 Å². The van der Waals surface area contributed by atoms with E-state index in [0.717, 1.165) is 0 Å².